The van der Waals surface area contributed by atoms with E-state index in [-0.39, 0.29) is 16.3 Å². The third-order valence-corrected chi connectivity index (χ3v) is 6.28. The van der Waals surface area contributed by atoms with Gasteiger partial charge in [0.1, 0.15) is 11.4 Å². The summed E-state index contributed by atoms with van der Waals surface area (Å²) in [6.45, 7) is 2.79. The number of nitrogens with zero attached hydrogens (tertiary/aromatic N) is 3. The Morgan fingerprint density at radius 1 is 1.15 bits per heavy atom. The van der Waals surface area contributed by atoms with Gasteiger partial charge in [-0.1, -0.05) is 6.42 Å². The van der Waals surface area contributed by atoms with E-state index in [9.17, 15) is 13.2 Å². The number of nitrogens with one attached hydrogen (secondary N) is 1. The van der Waals surface area contributed by atoms with Crippen LogP contribution in [-0.2, 0) is 10.0 Å². The number of rotatable bonds is 5. The van der Waals surface area contributed by atoms with Crippen LogP contribution in [0.5, 0.6) is 5.75 Å². The van der Waals surface area contributed by atoms with E-state index in [0.29, 0.717) is 24.5 Å². The summed E-state index contributed by atoms with van der Waals surface area (Å²) in [6.07, 6.45) is 5.60. The van der Waals surface area contributed by atoms with Crippen LogP contribution >= 0.6 is 0 Å². The Labute approximate surface area is 158 Å². The fraction of sp³-hybridized carbons (Fsp3) is 0.389. The third-order valence-electron chi connectivity index (χ3n) is 4.39. The fourth-order valence-corrected chi connectivity index (χ4v) is 4.44. The third kappa shape index (κ3) is 4.25. The molecule has 1 aromatic heterocycles. The molecule has 1 aliphatic heterocycles. The number of ether oxygens (including phenoxy) is 1. The molecule has 0 radical (unpaired) electrons. The van der Waals surface area contributed by atoms with Gasteiger partial charge in [-0.05, 0) is 38.0 Å². The van der Waals surface area contributed by atoms with E-state index in [1.807, 2.05) is 0 Å². The Morgan fingerprint density at radius 2 is 1.89 bits per heavy atom. The number of aromatic nitrogens is 2. The van der Waals surface area contributed by atoms with Gasteiger partial charge in [-0.15, -0.1) is 0 Å². The monoisotopic (exact) mass is 390 g/mol. The van der Waals surface area contributed by atoms with E-state index < -0.39 is 15.9 Å². The Balaban J connectivity index is 1.89. The average Bonchev–Trinajstić information content (AvgIpc) is 2.69. The molecule has 1 aromatic carbocycles. The molecule has 8 nitrogen and oxygen atoms in total. The van der Waals surface area contributed by atoms with Crippen LogP contribution in [0.2, 0.25) is 0 Å². The molecule has 0 bridgehead atoms. The van der Waals surface area contributed by atoms with Gasteiger partial charge in [0.05, 0.1) is 29.6 Å². The fourth-order valence-electron chi connectivity index (χ4n) is 2.90. The van der Waals surface area contributed by atoms with Crippen LogP contribution in [0.4, 0.5) is 5.69 Å². The van der Waals surface area contributed by atoms with Gasteiger partial charge >= 0.3 is 0 Å². The summed E-state index contributed by atoms with van der Waals surface area (Å²) in [5.74, 6) is -0.130. The van der Waals surface area contributed by atoms with E-state index in [4.69, 9.17) is 4.74 Å². The molecule has 0 spiro atoms. The van der Waals surface area contributed by atoms with Gasteiger partial charge in [-0.2, -0.15) is 4.31 Å². The van der Waals surface area contributed by atoms with Crippen LogP contribution in [0.15, 0.2) is 35.5 Å². The van der Waals surface area contributed by atoms with Crippen LogP contribution in [0, 0.1) is 6.92 Å². The normalized spacial score (nSPS) is 15.3. The molecular weight excluding hydrogens is 368 g/mol. The van der Waals surface area contributed by atoms with Crippen LogP contribution in [0.1, 0.15) is 35.4 Å². The predicted molar refractivity (Wildman–Crippen MR) is 100 cm³/mol. The van der Waals surface area contributed by atoms with Gasteiger partial charge < -0.3 is 10.1 Å². The van der Waals surface area contributed by atoms with Crippen LogP contribution in [0.3, 0.4) is 0 Å². The molecule has 0 unspecified atom stereocenters. The summed E-state index contributed by atoms with van der Waals surface area (Å²) in [4.78, 5) is 20.6. The molecule has 1 N–H and O–H groups in total. The van der Waals surface area contributed by atoms with E-state index in [1.165, 1.54) is 42.0 Å². The number of sulfonamides is 1. The Morgan fingerprint density at radius 3 is 2.52 bits per heavy atom. The van der Waals surface area contributed by atoms with Gasteiger partial charge in [0.2, 0.25) is 10.0 Å². The summed E-state index contributed by atoms with van der Waals surface area (Å²) in [7, 11) is -2.16. The van der Waals surface area contributed by atoms with Crippen molar-refractivity contribution >= 4 is 21.6 Å². The maximum absolute atomic E-state index is 12.9. The zero-order valence-electron chi connectivity index (χ0n) is 15.3. The van der Waals surface area contributed by atoms with Crippen molar-refractivity contribution in [1.29, 1.82) is 0 Å². The molecule has 1 amide bonds. The number of piperidine rings is 1. The topological polar surface area (TPSA) is 101 Å². The van der Waals surface area contributed by atoms with Crippen molar-refractivity contribution in [2.75, 3.05) is 25.5 Å². The Bertz CT molecular complexity index is 923. The van der Waals surface area contributed by atoms with Gasteiger partial charge in [0.25, 0.3) is 5.91 Å². The first kappa shape index (κ1) is 19.2. The summed E-state index contributed by atoms with van der Waals surface area (Å²) >= 11 is 0. The van der Waals surface area contributed by atoms with Crippen molar-refractivity contribution in [2.24, 2.45) is 0 Å². The molecule has 2 heterocycles. The molecule has 0 aliphatic carbocycles. The first-order chi connectivity index (χ1) is 12.9. The summed E-state index contributed by atoms with van der Waals surface area (Å²) in [5, 5.41) is 2.66. The molecule has 144 valence electrons. The number of anilines is 1. The number of amides is 1. The molecule has 3 rings (SSSR count). The second kappa shape index (κ2) is 8.01. The lowest BCUT2D eigenvalue weighted by Crippen LogP contribution is -2.35. The molecule has 1 fully saturated rings. The number of benzene rings is 1. The minimum atomic E-state index is -3.62. The van der Waals surface area contributed by atoms with E-state index in [1.54, 1.807) is 6.92 Å². The highest BCUT2D eigenvalue weighted by Gasteiger charge is 2.27. The van der Waals surface area contributed by atoms with Gasteiger partial charge in [0.15, 0.2) is 0 Å². The molecule has 1 saturated heterocycles. The molecular formula is C18H22N4O4S. The van der Waals surface area contributed by atoms with Crippen LogP contribution < -0.4 is 10.1 Å². The zero-order valence-corrected chi connectivity index (χ0v) is 16.1. The molecule has 1 aliphatic rings. The first-order valence-corrected chi connectivity index (χ1v) is 10.1. The summed E-state index contributed by atoms with van der Waals surface area (Å²) < 4.78 is 32.5. The van der Waals surface area contributed by atoms with Crippen molar-refractivity contribution in [1.82, 2.24) is 14.3 Å². The number of methoxy groups -OCH3 is 1. The lowest BCUT2D eigenvalue weighted by atomic mass is 10.2. The molecule has 0 saturated carbocycles. The van der Waals surface area contributed by atoms with E-state index in [0.717, 1.165) is 19.3 Å². The SMILES string of the molecule is COc1ccc(S(=O)(=O)N2CCCCC2)cc1NC(=O)c1cnc(C)cn1. The van der Waals surface area contributed by atoms with Gasteiger partial charge in [-0.25, -0.2) is 13.4 Å². The first-order valence-electron chi connectivity index (χ1n) is 8.70. The van der Waals surface area contributed by atoms with Gasteiger partial charge in [0, 0.05) is 19.3 Å². The number of aryl methyl sites for hydroxylation is 1. The standard InChI is InChI=1S/C18H22N4O4S/c1-13-11-20-16(12-19-13)18(23)21-15-10-14(6-7-17(15)26-2)27(24,25)22-8-4-3-5-9-22/h6-7,10-12H,3-5,8-9H2,1-2H3,(H,21,23). The molecule has 2 aromatic rings. The highest BCUT2D eigenvalue weighted by Crippen LogP contribution is 2.30. The largest absolute Gasteiger partial charge is 0.495 e. The van der Waals surface area contributed by atoms with Crippen molar-refractivity contribution in [3.8, 4) is 5.75 Å². The average molecular weight is 390 g/mol. The Hall–Kier alpha value is -2.52. The van der Waals surface area contributed by atoms with Crippen LogP contribution in [0.25, 0.3) is 0 Å². The molecule has 0 atom stereocenters. The lowest BCUT2D eigenvalue weighted by molar-refractivity contribution is 0.102. The Kier molecular flexibility index (Phi) is 5.71. The van der Waals surface area contributed by atoms with Crippen molar-refractivity contribution in [3.05, 3.63) is 42.0 Å². The molecule has 27 heavy (non-hydrogen) atoms. The number of hydrogen-bond acceptors (Lipinski definition) is 6. The highest BCUT2D eigenvalue weighted by atomic mass is 32.2. The van der Waals surface area contributed by atoms with Gasteiger partial charge in [-0.3, -0.25) is 9.78 Å². The minimum Gasteiger partial charge on any atom is -0.495 e. The number of hydrogen-bond donors (Lipinski definition) is 1. The zero-order chi connectivity index (χ0) is 19.4. The predicted octanol–water partition coefficient (Wildman–Crippen LogP) is 2.22. The molecule has 9 heteroatoms. The maximum Gasteiger partial charge on any atom is 0.275 e. The maximum atomic E-state index is 12.9. The summed E-state index contributed by atoms with van der Waals surface area (Å²) in [6, 6.07) is 4.44. The summed E-state index contributed by atoms with van der Waals surface area (Å²) in [5.41, 5.74) is 1.09. The van der Waals surface area contributed by atoms with Crippen molar-refractivity contribution < 1.29 is 17.9 Å². The minimum absolute atomic E-state index is 0.121. The lowest BCUT2D eigenvalue weighted by Gasteiger charge is -2.26. The van der Waals surface area contributed by atoms with Crippen molar-refractivity contribution in [2.45, 2.75) is 31.1 Å². The van der Waals surface area contributed by atoms with Crippen LogP contribution in [-0.4, -0.2) is 48.8 Å². The quantitative estimate of drug-likeness (QED) is 0.840. The highest BCUT2D eigenvalue weighted by molar-refractivity contribution is 7.89. The van der Waals surface area contributed by atoms with E-state index >= 15 is 0 Å². The number of carbonyl (C=O) groups excluding carboxylic acids is 1. The van der Waals surface area contributed by atoms with E-state index in [2.05, 4.69) is 15.3 Å². The number of carbonyl (C=O) groups is 1. The smallest absolute Gasteiger partial charge is 0.275 e. The second-order valence-electron chi connectivity index (χ2n) is 6.32. The second-order valence-corrected chi connectivity index (χ2v) is 8.26. The van der Waals surface area contributed by atoms with Crippen molar-refractivity contribution in [3.63, 3.8) is 0 Å².